The fourth-order valence-electron chi connectivity index (χ4n) is 3.06. The smallest absolute Gasteiger partial charge is 0.325 e. The number of carbonyl (C=O) groups is 2. The summed E-state index contributed by atoms with van der Waals surface area (Å²) in [4.78, 5) is 26.7. The second-order valence-electron chi connectivity index (χ2n) is 7.02. The molecule has 1 aromatic carbocycles. The number of benzene rings is 1. The second-order valence-corrected chi connectivity index (χ2v) is 7.02. The van der Waals surface area contributed by atoms with E-state index < -0.39 is 6.03 Å². The summed E-state index contributed by atoms with van der Waals surface area (Å²) in [7, 11) is 0. The average Bonchev–Trinajstić information content (AvgIpc) is 3.47. The van der Waals surface area contributed by atoms with Crippen molar-refractivity contribution in [3.05, 3.63) is 53.4 Å². The van der Waals surface area contributed by atoms with Crippen LogP contribution in [0, 0.1) is 11.3 Å². The van der Waals surface area contributed by atoms with Crippen LogP contribution in [0.3, 0.4) is 0 Å². The highest BCUT2D eigenvalue weighted by atomic mass is 16.2. The molecular formula is C21H19N7O2. The summed E-state index contributed by atoms with van der Waals surface area (Å²) in [6, 6.07) is 11.1. The fraction of sp³-hybridized carbons (Fsp3) is 0.190. The molecule has 0 atom stereocenters. The second kappa shape index (κ2) is 8.05. The van der Waals surface area contributed by atoms with Crippen molar-refractivity contribution in [1.82, 2.24) is 25.2 Å². The maximum absolute atomic E-state index is 11.6. The lowest BCUT2D eigenvalue weighted by Gasteiger charge is -2.10. The van der Waals surface area contributed by atoms with Gasteiger partial charge in [0.25, 0.3) is 0 Å². The van der Waals surface area contributed by atoms with Gasteiger partial charge in [-0.25, -0.2) is 9.78 Å². The lowest BCUT2D eigenvalue weighted by atomic mass is 10.1. The van der Waals surface area contributed by atoms with Gasteiger partial charge in [0.15, 0.2) is 5.65 Å². The van der Waals surface area contributed by atoms with Gasteiger partial charge in [-0.3, -0.25) is 10.1 Å². The van der Waals surface area contributed by atoms with Gasteiger partial charge in [-0.1, -0.05) is 12.1 Å². The van der Waals surface area contributed by atoms with Crippen molar-refractivity contribution in [3.8, 4) is 17.3 Å². The predicted molar refractivity (Wildman–Crippen MR) is 111 cm³/mol. The minimum absolute atomic E-state index is 0.316. The summed E-state index contributed by atoms with van der Waals surface area (Å²) in [5, 5.41) is 21.7. The van der Waals surface area contributed by atoms with Crippen LogP contribution in [-0.2, 0) is 4.79 Å². The molecule has 4 rings (SSSR count). The van der Waals surface area contributed by atoms with Gasteiger partial charge in [-0.15, -0.1) is 0 Å². The molecule has 3 amide bonds. The summed E-state index contributed by atoms with van der Waals surface area (Å²) in [6.45, 7) is 1.71. The number of aromatic nitrogens is 3. The molecule has 1 fully saturated rings. The largest absolute Gasteiger partial charge is 0.367 e. The number of nitriles is 1. The van der Waals surface area contributed by atoms with Crippen LogP contribution in [0.5, 0.6) is 0 Å². The Morgan fingerprint density at radius 3 is 2.90 bits per heavy atom. The van der Waals surface area contributed by atoms with Gasteiger partial charge in [0.05, 0.1) is 23.5 Å². The monoisotopic (exact) mass is 401 g/mol. The number of amides is 3. The Bertz CT molecular complexity index is 1200. The topological polar surface area (TPSA) is 124 Å². The number of imide groups is 1. The third-order valence-corrected chi connectivity index (χ3v) is 4.59. The van der Waals surface area contributed by atoms with Crippen LogP contribution in [0.4, 0.5) is 10.6 Å². The molecule has 1 saturated carbocycles. The lowest BCUT2D eigenvalue weighted by molar-refractivity contribution is -0.108. The zero-order chi connectivity index (χ0) is 21.1. The molecule has 9 heteroatoms. The Morgan fingerprint density at radius 1 is 1.33 bits per heavy atom. The van der Waals surface area contributed by atoms with Crippen molar-refractivity contribution < 1.29 is 9.59 Å². The Kier molecular flexibility index (Phi) is 5.13. The maximum Gasteiger partial charge on any atom is 0.325 e. The average molecular weight is 401 g/mol. The van der Waals surface area contributed by atoms with Crippen LogP contribution in [-0.4, -0.2) is 33.1 Å². The van der Waals surface area contributed by atoms with E-state index in [2.05, 4.69) is 21.8 Å². The molecule has 9 nitrogen and oxygen atoms in total. The molecule has 2 aromatic heterocycles. The van der Waals surface area contributed by atoms with E-state index in [0.717, 1.165) is 24.2 Å². The van der Waals surface area contributed by atoms with Crippen molar-refractivity contribution in [3.63, 3.8) is 0 Å². The first-order valence-corrected chi connectivity index (χ1v) is 9.42. The zero-order valence-corrected chi connectivity index (χ0v) is 16.2. The third-order valence-electron chi connectivity index (χ3n) is 4.59. The van der Waals surface area contributed by atoms with Gasteiger partial charge in [0.2, 0.25) is 6.41 Å². The number of fused-ring (bicyclic) bond motifs is 1. The van der Waals surface area contributed by atoms with Crippen molar-refractivity contribution in [2.24, 2.45) is 0 Å². The highest BCUT2D eigenvalue weighted by Crippen LogP contribution is 2.29. The summed E-state index contributed by atoms with van der Waals surface area (Å²) in [5.74, 6) is 0.809. The Labute approximate surface area is 172 Å². The van der Waals surface area contributed by atoms with Gasteiger partial charge in [0, 0.05) is 28.9 Å². The van der Waals surface area contributed by atoms with Gasteiger partial charge >= 0.3 is 6.03 Å². The number of carbonyl (C=O) groups excluding carboxylic acids is 2. The molecule has 30 heavy (non-hydrogen) atoms. The SMILES string of the molecule is C/C(=C/c1cnn2c(NC3CC3)cc(-c3cccc(C#N)c3)nc12)NC(=O)NC=O. The number of urea groups is 1. The molecular weight excluding hydrogens is 382 g/mol. The number of nitrogens with zero attached hydrogens (tertiary/aromatic N) is 4. The first-order chi connectivity index (χ1) is 14.6. The summed E-state index contributed by atoms with van der Waals surface area (Å²) in [5.41, 5.74) is 3.93. The third kappa shape index (κ3) is 4.12. The zero-order valence-electron chi connectivity index (χ0n) is 16.2. The van der Waals surface area contributed by atoms with E-state index in [1.807, 2.05) is 23.5 Å². The fourth-order valence-corrected chi connectivity index (χ4v) is 3.06. The van der Waals surface area contributed by atoms with E-state index in [9.17, 15) is 14.9 Å². The van der Waals surface area contributed by atoms with E-state index in [1.54, 1.807) is 35.8 Å². The van der Waals surface area contributed by atoms with Crippen LogP contribution >= 0.6 is 0 Å². The van der Waals surface area contributed by atoms with Crippen molar-refractivity contribution in [2.75, 3.05) is 5.32 Å². The highest BCUT2D eigenvalue weighted by Gasteiger charge is 2.23. The van der Waals surface area contributed by atoms with Gasteiger partial charge in [-0.2, -0.15) is 14.9 Å². The standard InChI is InChI=1S/C21H19N7O2/c1-13(25-21(30)23-12-29)7-16-11-24-28-19(26-17-5-6-17)9-18(27-20(16)28)15-4-2-3-14(8-15)10-22/h2-4,7-9,11-12,17,26H,5-6H2,1H3,(H2,23,25,29,30)/b13-7-. The molecule has 1 aliphatic carbocycles. The number of anilines is 1. The first-order valence-electron chi connectivity index (χ1n) is 9.42. The lowest BCUT2D eigenvalue weighted by Crippen LogP contribution is -2.33. The van der Waals surface area contributed by atoms with Gasteiger partial charge < -0.3 is 10.6 Å². The van der Waals surface area contributed by atoms with Crippen molar-refractivity contribution in [2.45, 2.75) is 25.8 Å². The van der Waals surface area contributed by atoms with Crippen molar-refractivity contribution in [1.29, 1.82) is 5.26 Å². The summed E-state index contributed by atoms with van der Waals surface area (Å²) >= 11 is 0. The number of rotatable bonds is 6. The highest BCUT2D eigenvalue weighted by molar-refractivity contribution is 5.86. The molecule has 3 aromatic rings. The molecule has 0 radical (unpaired) electrons. The van der Waals surface area contributed by atoms with Crippen LogP contribution in [0.1, 0.15) is 30.9 Å². The summed E-state index contributed by atoms with van der Waals surface area (Å²) < 4.78 is 1.72. The normalized spacial score (nSPS) is 13.5. The van der Waals surface area contributed by atoms with Crippen LogP contribution < -0.4 is 16.0 Å². The first kappa shape index (κ1) is 19.1. The number of nitrogens with one attached hydrogen (secondary N) is 3. The van der Waals surface area contributed by atoms with E-state index in [1.165, 1.54) is 0 Å². The molecule has 150 valence electrons. The van der Waals surface area contributed by atoms with Crippen LogP contribution in [0.15, 0.2) is 42.2 Å². The number of allylic oxidation sites excluding steroid dienone is 1. The predicted octanol–water partition coefficient (Wildman–Crippen LogP) is 2.66. The Hall–Kier alpha value is -4.19. The molecule has 0 unspecified atom stereocenters. The van der Waals surface area contributed by atoms with E-state index in [0.29, 0.717) is 40.6 Å². The van der Waals surface area contributed by atoms with E-state index >= 15 is 0 Å². The molecule has 0 spiro atoms. The molecule has 1 aliphatic rings. The Morgan fingerprint density at radius 2 is 2.17 bits per heavy atom. The minimum Gasteiger partial charge on any atom is -0.367 e. The minimum atomic E-state index is -0.617. The number of hydrogen-bond acceptors (Lipinski definition) is 6. The molecule has 3 N–H and O–H groups in total. The van der Waals surface area contributed by atoms with E-state index in [4.69, 9.17) is 4.98 Å². The van der Waals surface area contributed by atoms with Gasteiger partial charge in [0.1, 0.15) is 5.82 Å². The molecule has 0 saturated heterocycles. The number of hydrogen-bond donors (Lipinski definition) is 3. The maximum atomic E-state index is 11.6. The quantitative estimate of drug-likeness (QED) is 0.546. The molecule has 0 bridgehead atoms. The Balaban J connectivity index is 1.78. The van der Waals surface area contributed by atoms with Crippen LogP contribution in [0.2, 0.25) is 0 Å². The van der Waals surface area contributed by atoms with Crippen molar-refractivity contribution >= 4 is 30.0 Å². The molecule has 2 heterocycles. The summed E-state index contributed by atoms with van der Waals surface area (Å²) in [6.07, 6.45) is 5.92. The van der Waals surface area contributed by atoms with E-state index in [-0.39, 0.29) is 0 Å². The molecule has 0 aliphatic heterocycles. The van der Waals surface area contributed by atoms with Gasteiger partial charge in [-0.05, 0) is 38.0 Å². The van der Waals surface area contributed by atoms with Crippen LogP contribution in [0.25, 0.3) is 23.0 Å².